The lowest BCUT2D eigenvalue weighted by Gasteiger charge is -2.22. The third-order valence-electron chi connectivity index (χ3n) is 5.16. The summed E-state index contributed by atoms with van der Waals surface area (Å²) in [5.41, 5.74) is 12.0. The molecule has 3 N–H and O–H groups in total. The zero-order valence-corrected chi connectivity index (χ0v) is 17.6. The summed E-state index contributed by atoms with van der Waals surface area (Å²) in [5.74, 6) is 0.792. The van der Waals surface area contributed by atoms with Crippen LogP contribution in [0.15, 0.2) is 60.8 Å². The second-order valence-corrected chi connectivity index (χ2v) is 8.01. The lowest BCUT2D eigenvalue weighted by Crippen LogP contribution is -2.15. The lowest BCUT2D eigenvalue weighted by molar-refractivity contribution is 0.1000. The second kappa shape index (κ2) is 8.91. The predicted octanol–water partition coefficient (Wildman–Crippen LogP) is 5.66. The van der Waals surface area contributed by atoms with Gasteiger partial charge >= 0.3 is 0 Å². The van der Waals surface area contributed by atoms with E-state index in [9.17, 15) is 4.79 Å². The Labute approximate surface area is 173 Å². The number of benzene rings is 2. The minimum atomic E-state index is -0.468. The van der Waals surface area contributed by atoms with E-state index in [0.29, 0.717) is 11.5 Å². The summed E-state index contributed by atoms with van der Waals surface area (Å²) in [4.78, 5) is 15.6. The predicted molar refractivity (Wildman–Crippen MR) is 120 cm³/mol. The van der Waals surface area contributed by atoms with Gasteiger partial charge in [-0.3, -0.25) is 4.79 Å². The minimum absolute atomic E-state index is 0.133. The van der Waals surface area contributed by atoms with E-state index in [1.165, 1.54) is 34.0 Å². The Hall–Kier alpha value is -3.14. The Morgan fingerprint density at radius 3 is 2.17 bits per heavy atom. The summed E-state index contributed by atoms with van der Waals surface area (Å²) in [6, 6.07) is 18.8. The maximum Gasteiger partial charge on any atom is 0.250 e. The average Bonchev–Trinajstić information content (AvgIpc) is 2.68. The normalized spacial score (nSPS) is 12.0. The van der Waals surface area contributed by atoms with Gasteiger partial charge in [0.1, 0.15) is 5.82 Å². The van der Waals surface area contributed by atoms with Crippen molar-refractivity contribution < 1.29 is 4.79 Å². The van der Waals surface area contributed by atoms with E-state index in [1.54, 1.807) is 12.1 Å². The molecule has 0 bridgehead atoms. The van der Waals surface area contributed by atoms with E-state index in [1.807, 2.05) is 0 Å². The van der Waals surface area contributed by atoms with Gasteiger partial charge in [0.15, 0.2) is 0 Å². The first-order chi connectivity index (χ1) is 13.8. The fourth-order valence-corrected chi connectivity index (χ4v) is 3.71. The summed E-state index contributed by atoms with van der Waals surface area (Å²) in [6.07, 6.45) is 2.49. The van der Waals surface area contributed by atoms with Crippen molar-refractivity contribution >= 4 is 11.7 Å². The minimum Gasteiger partial charge on any atom is -0.366 e. The molecule has 0 aliphatic heterocycles. The number of carbonyl (C=O) groups is 1. The van der Waals surface area contributed by atoms with Crippen LogP contribution in [0.25, 0.3) is 11.1 Å². The Bertz CT molecular complexity index is 956. The number of rotatable bonds is 7. The maximum atomic E-state index is 11.3. The zero-order chi connectivity index (χ0) is 21.0. The number of aromatic nitrogens is 1. The number of hydrogen-bond donors (Lipinski definition) is 2. The van der Waals surface area contributed by atoms with Crippen molar-refractivity contribution in [1.29, 1.82) is 0 Å². The van der Waals surface area contributed by atoms with E-state index in [0.717, 1.165) is 12.2 Å². The molecule has 0 radical (unpaired) electrons. The molecule has 0 saturated carbocycles. The van der Waals surface area contributed by atoms with Crippen molar-refractivity contribution in [1.82, 2.24) is 4.98 Å². The molecular weight excluding hydrogens is 358 g/mol. The van der Waals surface area contributed by atoms with Crippen molar-refractivity contribution in [2.45, 2.75) is 40.2 Å². The Morgan fingerprint density at radius 2 is 1.66 bits per heavy atom. The smallest absolute Gasteiger partial charge is 0.250 e. The average molecular weight is 388 g/mol. The van der Waals surface area contributed by atoms with Gasteiger partial charge in [0.05, 0.1) is 11.6 Å². The Morgan fingerprint density at radius 1 is 1.00 bits per heavy atom. The first kappa shape index (κ1) is 20.6. The number of hydrogen-bond acceptors (Lipinski definition) is 3. The highest BCUT2D eigenvalue weighted by Gasteiger charge is 2.15. The molecule has 4 nitrogen and oxygen atoms in total. The summed E-state index contributed by atoms with van der Waals surface area (Å²) >= 11 is 0. The fraction of sp³-hybridized carbons (Fsp3) is 0.280. The summed E-state index contributed by atoms with van der Waals surface area (Å²) in [6.45, 7) is 8.73. The summed E-state index contributed by atoms with van der Waals surface area (Å²) in [5, 5.41) is 3.51. The molecule has 0 saturated heterocycles. The monoisotopic (exact) mass is 387 g/mol. The van der Waals surface area contributed by atoms with Gasteiger partial charge in [0.2, 0.25) is 5.91 Å². The number of nitrogens with two attached hydrogens (primary N) is 1. The van der Waals surface area contributed by atoms with Crippen molar-refractivity contribution in [2.24, 2.45) is 11.7 Å². The van der Waals surface area contributed by atoms with Crippen LogP contribution in [-0.4, -0.2) is 10.9 Å². The van der Waals surface area contributed by atoms with Gasteiger partial charge < -0.3 is 11.1 Å². The zero-order valence-electron chi connectivity index (χ0n) is 17.6. The van der Waals surface area contributed by atoms with E-state index in [2.05, 4.69) is 80.5 Å². The van der Waals surface area contributed by atoms with Crippen LogP contribution >= 0.6 is 0 Å². The number of carbonyl (C=O) groups excluding carboxylic acids is 1. The van der Waals surface area contributed by atoms with Gasteiger partial charge in [0, 0.05) is 6.20 Å². The number of nitrogens with one attached hydrogen (secondary N) is 1. The number of anilines is 1. The standard InChI is InChI=1S/C25H29N3O/c1-16(2)14-22(28-23-13-12-21(15-27-23)25(26)29)19-8-10-20(11-9-19)24-17(3)6-5-7-18(24)4/h5-13,15-16,22H,14H2,1-4H3,(H2,26,29)(H,27,28). The van der Waals surface area contributed by atoms with Crippen LogP contribution in [-0.2, 0) is 0 Å². The molecule has 1 amide bonds. The molecule has 4 heteroatoms. The number of pyridine rings is 1. The molecule has 1 unspecified atom stereocenters. The van der Waals surface area contributed by atoms with Gasteiger partial charge in [0.25, 0.3) is 0 Å². The maximum absolute atomic E-state index is 11.3. The quantitative estimate of drug-likeness (QED) is 0.549. The number of nitrogens with zero attached hydrogens (tertiary/aromatic N) is 1. The van der Waals surface area contributed by atoms with E-state index in [-0.39, 0.29) is 6.04 Å². The van der Waals surface area contributed by atoms with Gasteiger partial charge in [-0.15, -0.1) is 0 Å². The molecule has 0 fully saturated rings. The molecular formula is C25H29N3O. The largest absolute Gasteiger partial charge is 0.366 e. The van der Waals surface area contributed by atoms with Crippen LogP contribution in [0.5, 0.6) is 0 Å². The third-order valence-corrected chi connectivity index (χ3v) is 5.16. The van der Waals surface area contributed by atoms with Crippen molar-refractivity contribution in [3.8, 4) is 11.1 Å². The number of aryl methyl sites for hydroxylation is 2. The van der Waals surface area contributed by atoms with Crippen LogP contribution in [0.4, 0.5) is 5.82 Å². The van der Waals surface area contributed by atoms with Crippen molar-refractivity contribution in [2.75, 3.05) is 5.32 Å². The third kappa shape index (κ3) is 5.02. The first-order valence-corrected chi connectivity index (χ1v) is 10.0. The molecule has 29 heavy (non-hydrogen) atoms. The van der Waals surface area contributed by atoms with E-state index in [4.69, 9.17) is 5.73 Å². The number of amides is 1. The molecule has 1 heterocycles. The summed E-state index contributed by atoms with van der Waals surface area (Å²) < 4.78 is 0. The van der Waals surface area contributed by atoms with Gasteiger partial charge in [-0.1, -0.05) is 56.3 Å². The first-order valence-electron chi connectivity index (χ1n) is 10.0. The molecule has 0 aliphatic rings. The van der Waals surface area contributed by atoms with Crippen LogP contribution in [0, 0.1) is 19.8 Å². The molecule has 0 aliphatic carbocycles. The van der Waals surface area contributed by atoms with Crippen LogP contribution in [0.2, 0.25) is 0 Å². The molecule has 0 spiro atoms. The molecule has 150 valence electrons. The molecule has 1 aromatic heterocycles. The van der Waals surface area contributed by atoms with Gasteiger partial charge in [-0.25, -0.2) is 4.98 Å². The number of primary amides is 1. The topological polar surface area (TPSA) is 68.0 Å². The summed E-state index contributed by atoms with van der Waals surface area (Å²) in [7, 11) is 0. The van der Waals surface area contributed by atoms with Crippen molar-refractivity contribution in [3.05, 3.63) is 83.0 Å². The van der Waals surface area contributed by atoms with Gasteiger partial charge in [-0.2, -0.15) is 0 Å². The van der Waals surface area contributed by atoms with Crippen LogP contribution in [0.3, 0.4) is 0 Å². The fourth-order valence-electron chi connectivity index (χ4n) is 3.71. The van der Waals surface area contributed by atoms with Gasteiger partial charge in [-0.05, 0) is 66.1 Å². The van der Waals surface area contributed by atoms with Crippen LogP contribution < -0.4 is 11.1 Å². The highest BCUT2D eigenvalue weighted by atomic mass is 16.1. The molecule has 3 rings (SSSR count). The van der Waals surface area contributed by atoms with E-state index >= 15 is 0 Å². The second-order valence-electron chi connectivity index (χ2n) is 8.01. The van der Waals surface area contributed by atoms with E-state index < -0.39 is 5.91 Å². The lowest BCUT2D eigenvalue weighted by atomic mass is 9.92. The highest BCUT2D eigenvalue weighted by Crippen LogP contribution is 2.30. The Balaban J connectivity index is 1.86. The van der Waals surface area contributed by atoms with Crippen molar-refractivity contribution in [3.63, 3.8) is 0 Å². The molecule has 3 aromatic rings. The SMILES string of the molecule is Cc1cccc(C)c1-c1ccc(C(CC(C)C)Nc2ccc(C(N)=O)cn2)cc1. The van der Waals surface area contributed by atoms with Crippen LogP contribution in [0.1, 0.15) is 53.4 Å². The highest BCUT2D eigenvalue weighted by molar-refractivity contribution is 5.92. The Kier molecular flexibility index (Phi) is 6.32. The molecule has 2 aromatic carbocycles. The molecule has 1 atom stereocenters.